The zero-order chi connectivity index (χ0) is 31.4. The van der Waals surface area contributed by atoms with Crippen LogP contribution < -0.4 is 5.32 Å². The second kappa shape index (κ2) is 10.6. The van der Waals surface area contributed by atoms with E-state index in [0.29, 0.717) is 44.8 Å². The van der Waals surface area contributed by atoms with E-state index in [2.05, 4.69) is 58.8 Å². The fourth-order valence-corrected chi connectivity index (χ4v) is 6.44. The SMILES string of the molecule is O=C1c2ccccc2C(=O)c2c(Nc3cccc4c3C(=O)c3ccccc3C4=O)cccc21.c1ccc2c(c1)[nH]c1ccccc12. The molecule has 0 fully saturated rings. The van der Waals surface area contributed by atoms with Crippen molar-refractivity contribution in [2.24, 2.45) is 0 Å². The fourth-order valence-electron chi connectivity index (χ4n) is 6.44. The van der Waals surface area contributed by atoms with E-state index >= 15 is 0 Å². The van der Waals surface area contributed by atoms with Crippen LogP contribution in [0.3, 0.4) is 0 Å². The van der Waals surface area contributed by atoms with Gasteiger partial charge in [0.05, 0.1) is 22.5 Å². The number of nitrogens with one attached hydrogen (secondary N) is 2. The number of ketones is 4. The highest BCUT2D eigenvalue weighted by atomic mass is 16.1. The molecule has 2 aliphatic rings. The molecule has 9 rings (SSSR count). The Morgan fingerprint density at radius 3 is 1.13 bits per heavy atom. The van der Waals surface area contributed by atoms with Crippen molar-refractivity contribution in [2.75, 3.05) is 5.32 Å². The van der Waals surface area contributed by atoms with Crippen molar-refractivity contribution in [3.05, 3.63) is 178 Å². The van der Waals surface area contributed by atoms with Gasteiger partial charge in [-0.15, -0.1) is 0 Å². The molecule has 1 heterocycles. The topological polar surface area (TPSA) is 96.1 Å². The number of carbonyl (C=O) groups is 4. The molecule has 0 atom stereocenters. The average Bonchev–Trinajstić information content (AvgIpc) is 3.49. The van der Waals surface area contributed by atoms with Crippen LogP contribution in [0.5, 0.6) is 0 Å². The Bertz CT molecular complexity index is 2270. The summed E-state index contributed by atoms with van der Waals surface area (Å²) in [5, 5.41) is 5.79. The van der Waals surface area contributed by atoms with Gasteiger partial charge in [0.25, 0.3) is 0 Å². The number of aromatic nitrogens is 1. The number of anilines is 2. The van der Waals surface area contributed by atoms with Gasteiger partial charge in [0.2, 0.25) is 0 Å². The lowest BCUT2D eigenvalue weighted by molar-refractivity contribution is 0.0979. The van der Waals surface area contributed by atoms with Crippen molar-refractivity contribution in [1.82, 2.24) is 4.98 Å². The Morgan fingerprint density at radius 2 is 0.696 bits per heavy atom. The van der Waals surface area contributed by atoms with Crippen LogP contribution in [0.15, 0.2) is 133 Å². The first-order chi connectivity index (χ1) is 22.5. The monoisotopic (exact) mass is 596 g/mol. The minimum atomic E-state index is -0.263. The van der Waals surface area contributed by atoms with Crippen molar-refractivity contribution in [3.8, 4) is 0 Å². The second-order valence-electron chi connectivity index (χ2n) is 11.2. The summed E-state index contributed by atoms with van der Waals surface area (Å²) in [6.45, 7) is 0. The van der Waals surface area contributed by atoms with Gasteiger partial charge in [-0.1, -0.05) is 109 Å². The third-order valence-electron chi connectivity index (χ3n) is 8.59. The normalized spacial score (nSPS) is 13.0. The van der Waals surface area contributed by atoms with Gasteiger partial charge in [0.1, 0.15) is 0 Å². The minimum Gasteiger partial charge on any atom is -0.355 e. The molecule has 0 aliphatic heterocycles. The van der Waals surface area contributed by atoms with Gasteiger partial charge in [-0.05, 0) is 24.3 Å². The summed E-state index contributed by atoms with van der Waals surface area (Å²) < 4.78 is 0. The van der Waals surface area contributed by atoms with Gasteiger partial charge in [-0.25, -0.2) is 0 Å². The first kappa shape index (κ1) is 27.2. The summed E-state index contributed by atoms with van der Waals surface area (Å²) in [5.41, 5.74) is 5.82. The molecular formula is C40H24N2O4. The summed E-state index contributed by atoms with van der Waals surface area (Å²) in [5.74, 6) is -0.972. The molecule has 0 amide bonds. The fraction of sp³-hybridized carbons (Fsp3) is 0. The van der Waals surface area contributed by atoms with Crippen molar-refractivity contribution in [3.63, 3.8) is 0 Å². The lowest BCUT2D eigenvalue weighted by atomic mass is 9.82. The summed E-state index contributed by atoms with van der Waals surface area (Å²) in [6, 6.07) is 40.3. The van der Waals surface area contributed by atoms with Gasteiger partial charge < -0.3 is 10.3 Å². The number of hydrogen-bond acceptors (Lipinski definition) is 5. The molecule has 0 bridgehead atoms. The quantitative estimate of drug-likeness (QED) is 0.209. The largest absolute Gasteiger partial charge is 0.355 e. The third-order valence-corrected chi connectivity index (χ3v) is 8.59. The Kier molecular flexibility index (Phi) is 6.29. The van der Waals surface area contributed by atoms with Crippen molar-refractivity contribution < 1.29 is 19.2 Å². The van der Waals surface area contributed by atoms with Crippen LogP contribution in [0, 0.1) is 0 Å². The van der Waals surface area contributed by atoms with Crippen LogP contribution >= 0.6 is 0 Å². The predicted molar refractivity (Wildman–Crippen MR) is 179 cm³/mol. The molecule has 0 saturated carbocycles. The summed E-state index contributed by atoms with van der Waals surface area (Å²) in [4.78, 5) is 56.1. The van der Waals surface area contributed by atoms with E-state index in [1.165, 1.54) is 21.8 Å². The standard InChI is InChI=1S/C28H15NO4.C12H9N/c30-25-15-7-1-3-9-17(15)27(32)23-19(25)11-5-13-21(23)29-22-14-6-12-20-24(22)28(33)18-10-4-2-8-16(18)26(20)31;1-3-7-11-9(5-1)10-6-2-4-8-12(10)13-11/h1-14,29H;1-8,13H. The maximum atomic E-state index is 13.3. The van der Waals surface area contributed by atoms with Gasteiger partial charge in [0.15, 0.2) is 23.1 Å². The highest BCUT2D eigenvalue weighted by Crippen LogP contribution is 2.37. The molecular weight excluding hydrogens is 572 g/mol. The van der Waals surface area contributed by atoms with Crippen LogP contribution in [-0.2, 0) is 0 Å². The summed E-state index contributed by atoms with van der Waals surface area (Å²) in [6.07, 6.45) is 0. The Morgan fingerprint density at radius 1 is 0.348 bits per heavy atom. The molecule has 46 heavy (non-hydrogen) atoms. The van der Waals surface area contributed by atoms with E-state index in [-0.39, 0.29) is 34.3 Å². The number of rotatable bonds is 2. The molecule has 1 aromatic heterocycles. The highest BCUT2D eigenvalue weighted by molar-refractivity contribution is 6.32. The first-order valence-corrected chi connectivity index (χ1v) is 14.9. The Balaban J connectivity index is 0.000000199. The number of para-hydroxylation sites is 2. The molecule has 6 nitrogen and oxygen atoms in total. The van der Waals surface area contributed by atoms with E-state index in [4.69, 9.17) is 0 Å². The predicted octanol–water partition coefficient (Wildman–Crippen LogP) is 8.30. The van der Waals surface area contributed by atoms with Gasteiger partial charge in [-0.3, -0.25) is 19.2 Å². The van der Waals surface area contributed by atoms with E-state index in [1.54, 1.807) is 84.9 Å². The third kappa shape index (κ3) is 4.19. The van der Waals surface area contributed by atoms with Crippen molar-refractivity contribution in [2.45, 2.75) is 0 Å². The van der Waals surface area contributed by atoms with Crippen LogP contribution in [0.1, 0.15) is 63.7 Å². The number of H-pyrrole nitrogens is 1. The van der Waals surface area contributed by atoms with Crippen LogP contribution in [0.2, 0.25) is 0 Å². The average molecular weight is 597 g/mol. The summed E-state index contributed by atoms with van der Waals surface area (Å²) >= 11 is 0. The number of aromatic amines is 1. The van der Waals surface area contributed by atoms with Gasteiger partial charge in [0, 0.05) is 55.2 Å². The highest BCUT2D eigenvalue weighted by Gasteiger charge is 2.34. The molecule has 6 aromatic carbocycles. The molecule has 218 valence electrons. The molecule has 0 saturated heterocycles. The number of carbonyl (C=O) groups excluding carboxylic acids is 4. The minimum absolute atomic E-state index is 0.223. The molecule has 2 N–H and O–H groups in total. The van der Waals surface area contributed by atoms with E-state index in [0.717, 1.165) is 0 Å². The Labute approximate surface area is 263 Å². The van der Waals surface area contributed by atoms with Crippen molar-refractivity contribution >= 4 is 56.3 Å². The molecule has 0 radical (unpaired) electrons. The number of fused-ring (bicyclic) bond motifs is 7. The zero-order valence-corrected chi connectivity index (χ0v) is 24.3. The van der Waals surface area contributed by atoms with E-state index < -0.39 is 0 Å². The zero-order valence-electron chi connectivity index (χ0n) is 24.3. The van der Waals surface area contributed by atoms with E-state index in [9.17, 15) is 19.2 Å². The molecule has 2 aliphatic carbocycles. The number of hydrogen-bond donors (Lipinski definition) is 2. The summed E-state index contributed by atoms with van der Waals surface area (Å²) in [7, 11) is 0. The van der Waals surface area contributed by atoms with Crippen molar-refractivity contribution in [1.29, 1.82) is 0 Å². The van der Waals surface area contributed by atoms with E-state index in [1.807, 2.05) is 0 Å². The van der Waals surface area contributed by atoms with Crippen LogP contribution in [-0.4, -0.2) is 28.1 Å². The van der Waals surface area contributed by atoms with Crippen LogP contribution in [0.4, 0.5) is 11.4 Å². The first-order valence-electron chi connectivity index (χ1n) is 14.9. The molecule has 6 heteroatoms. The van der Waals surface area contributed by atoms with Gasteiger partial charge in [-0.2, -0.15) is 0 Å². The lowest BCUT2D eigenvalue weighted by Gasteiger charge is -2.23. The smallest absolute Gasteiger partial charge is 0.196 e. The lowest BCUT2D eigenvalue weighted by Crippen LogP contribution is -2.23. The molecule has 7 aromatic rings. The Hall–Kier alpha value is -6.40. The molecule has 0 unspecified atom stereocenters. The van der Waals surface area contributed by atoms with Gasteiger partial charge >= 0.3 is 0 Å². The second-order valence-corrected chi connectivity index (χ2v) is 11.2. The van der Waals surface area contributed by atoms with Crippen LogP contribution in [0.25, 0.3) is 21.8 Å². The number of benzene rings is 6. The molecule has 0 spiro atoms. The maximum Gasteiger partial charge on any atom is 0.196 e. The maximum absolute atomic E-state index is 13.3.